The second kappa shape index (κ2) is 4.64. The molecule has 1 aromatic rings. The first-order chi connectivity index (χ1) is 7.33. The quantitative estimate of drug-likeness (QED) is 0.815. The first kappa shape index (κ1) is 10.5. The Labute approximate surface area is 90.8 Å². The van der Waals surface area contributed by atoms with E-state index in [4.69, 9.17) is 10.5 Å². The molecule has 0 fully saturated rings. The zero-order chi connectivity index (χ0) is 10.7. The number of hydrogen-bond acceptors (Lipinski definition) is 3. The summed E-state index contributed by atoms with van der Waals surface area (Å²) in [5.41, 5.74) is 8.61. The van der Waals surface area contributed by atoms with E-state index in [1.165, 1.54) is 11.3 Å². The van der Waals surface area contributed by atoms with Gasteiger partial charge in [0.2, 0.25) is 0 Å². The van der Waals surface area contributed by atoms with E-state index in [-0.39, 0.29) is 6.04 Å². The molecule has 1 unspecified atom stereocenters. The first-order valence-corrected chi connectivity index (χ1v) is 5.41. The van der Waals surface area contributed by atoms with Crippen molar-refractivity contribution in [3.05, 3.63) is 29.8 Å². The van der Waals surface area contributed by atoms with Crippen molar-refractivity contribution in [1.82, 2.24) is 0 Å². The van der Waals surface area contributed by atoms with Crippen LogP contribution in [0.25, 0.3) is 0 Å². The van der Waals surface area contributed by atoms with Crippen LogP contribution in [0.2, 0.25) is 0 Å². The summed E-state index contributed by atoms with van der Waals surface area (Å²) in [6.45, 7) is 2.74. The zero-order valence-corrected chi connectivity index (χ0v) is 9.15. The number of ether oxygens (including phenoxy) is 1. The molecule has 1 atom stereocenters. The summed E-state index contributed by atoms with van der Waals surface area (Å²) >= 11 is 0. The number of nitrogens with two attached hydrogens (primary N) is 1. The maximum Gasteiger partial charge on any atom is 0.0637 e. The monoisotopic (exact) mass is 206 g/mol. The average Bonchev–Trinajstić information content (AvgIpc) is 2.29. The van der Waals surface area contributed by atoms with Gasteiger partial charge in [0.25, 0.3) is 0 Å². The molecule has 1 heterocycles. The number of methoxy groups -OCH3 is 1. The number of benzene rings is 1. The molecule has 3 heteroatoms. The van der Waals surface area contributed by atoms with Crippen molar-refractivity contribution < 1.29 is 4.74 Å². The van der Waals surface area contributed by atoms with Crippen LogP contribution in [-0.2, 0) is 4.74 Å². The van der Waals surface area contributed by atoms with Crippen LogP contribution >= 0.6 is 0 Å². The van der Waals surface area contributed by atoms with Crippen molar-refractivity contribution in [2.75, 3.05) is 31.7 Å². The molecule has 1 aromatic carbocycles. The number of rotatable bonds is 3. The molecule has 0 spiro atoms. The van der Waals surface area contributed by atoms with Gasteiger partial charge in [-0.25, -0.2) is 0 Å². The highest BCUT2D eigenvalue weighted by Crippen LogP contribution is 2.31. The Morgan fingerprint density at radius 3 is 3.07 bits per heavy atom. The predicted molar refractivity (Wildman–Crippen MR) is 62.1 cm³/mol. The molecule has 1 aliphatic rings. The third kappa shape index (κ3) is 2.13. The molecular formula is C12H18N2O. The number of hydrogen-bond donors (Lipinski definition) is 1. The zero-order valence-electron chi connectivity index (χ0n) is 9.15. The maximum absolute atomic E-state index is 6.08. The fourth-order valence-corrected chi connectivity index (χ4v) is 2.09. The minimum absolute atomic E-state index is 0.194. The van der Waals surface area contributed by atoms with Gasteiger partial charge >= 0.3 is 0 Å². The van der Waals surface area contributed by atoms with E-state index in [0.717, 1.165) is 26.1 Å². The number of fused-ring (bicyclic) bond motifs is 1. The van der Waals surface area contributed by atoms with Gasteiger partial charge in [0.1, 0.15) is 0 Å². The van der Waals surface area contributed by atoms with Crippen molar-refractivity contribution in [2.45, 2.75) is 12.5 Å². The highest BCUT2D eigenvalue weighted by atomic mass is 16.5. The Morgan fingerprint density at radius 1 is 1.47 bits per heavy atom. The number of para-hydroxylation sites is 1. The molecule has 0 aliphatic carbocycles. The molecule has 0 saturated heterocycles. The van der Waals surface area contributed by atoms with Crippen molar-refractivity contribution in [1.29, 1.82) is 0 Å². The van der Waals surface area contributed by atoms with Gasteiger partial charge in [-0.3, -0.25) is 0 Å². The van der Waals surface area contributed by atoms with Crippen LogP contribution in [0.15, 0.2) is 24.3 Å². The van der Waals surface area contributed by atoms with Crippen molar-refractivity contribution in [3.63, 3.8) is 0 Å². The molecule has 0 aromatic heterocycles. The fourth-order valence-electron chi connectivity index (χ4n) is 2.09. The third-order valence-electron chi connectivity index (χ3n) is 2.95. The highest BCUT2D eigenvalue weighted by molar-refractivity contribution is 5.56. The van der Waals surface area contributed by atoms with Gasteiger partial charge in [-0.1, -0.05) is 18.2 Å². The average molecular weight is 206 g/mol. The standard InChI is InChI=1S/C12H18N2O/c1-15-9-8-14-7-6-11(13)10-4-2-3-5-12(10)14/h2-5,11H,6-9,13H2,1H3. The van der Waals surface area contributed by atoms with E-state index in [2.05, 4.69) is 29.2 Å². The predicted octanol–water partition coefficient (Wildman–Crippen LogP) is 1.54. The van der Waals surface area contributed by atoms with Gasteiger partial charge in [0.15, 0.2) is 0 Å². The smallest absolute Gasteiger partial charge is 0.0637 e. The van der Waals surface area contributed by atoms with Gasteiger partial charge in [0.05, 0.1) is 6.61 Å². The minimum atomic E-state index is 0.194. The maximum atomic E-state index is 6.08. The summed E-state index contributed by atoms with van der Waals surface area (Å²) < 4.78 is 5.11. The molecule has 0 amide bonds. The van der Waals surface area contributed by atoms with Crippen molar-refractivity contribution in [3.8, 4) is 0 Å². The SMILES string of the molecule is COCCN1CCC(N)c2ccccc21. The van der Waals surface area contributed by atoms with Crippen LogP contribution in [0.1, 0.15) is 18.0 Å². The second-order valence-electron chi connectivity index (χ2n) is 3.93. The van der Waals surface area contributed by atoms with Crippen LogP contribution in [0.5, 0.6) is 0 Å². The Balaban J connectivity index is 2.20. The Bertz CT molecular complexity index is 327. The van der Waals surface area contributed by atoms with E-state index >= 15 is 0 Å². The van der Waals surface area contributed by atoms with Gasteiger partial charge in [-0.15, -0.1) is 0 Å². The van der Waals surface area contributed by atoms with Gasteiger partial charge in [0, 0.05) is 31.9 Å². The summed E-state index contributed by atoms with van der Waals surface area (Å²) in [5.74, 6) is 0. The minimum Gasteiger partial charge on any atom is -0.383 e. The van der Waals surface area contributed by atoms with E-state index in [0.29, 0.717) is 0 Å². The molecule has 2 rings (SSSR count). The molecule has 2 N–H and O–H groups in total. The number of anilines is 1. The van der Waals surface area contributed by atoms with Crippen molar-refractivity contribution >= 4 is 5.69 Å². The first-order valence-electron chi connectivity index (χ1n) is 5.41. The lowest BCUT2D eigenvalue weighted by Crippen LogP contribution is -2.35. The van der Waals surface area contributed by atoms with Crippen LogP contribution in [0, 0.1) is 0 Å². The largest absolute Gasteiger partial charge is 0.383 e. The van der Waals surface area contributed by atoms with Crippen LogP contribution in [-0.4, -0.2) is 26.8 Å². The molecule has 0 saturated carbocycles. The Morgan fingerprint density at radius 2 is 2.27 bits per heavy atom. The van der Waals surface area contributed by atoms with Gasteiger partial charge < -0.3 is 15.4 Å². The van der Waals surface area contributed by atoms with Crippen molar-refractivity contribution in [2.24, 2.45) is 5.73 Å². The van der Waals surface area contributed by atoms with Crippen LogP contribution < -0.4 is 10.6 Å². The normalized spacial score (nSPS) is 20.1. The summed E-state index contributed by atoms with van der Waals surface area (Å²) in [6, 6.07) is 8.58. The molecule has 1 aliphatic heterocycles. The lowest BCUT2D eigenvalue weighted by atomic mass is 9.97. The molecule has 15 heavy (non-hydrogen) atoms. The lowest BCUT2D eigenvalue weighted by molar-refractivity contribution is 0.204. The molecule has 3 nitrogen and oxygen atoms in total. The summed E-state index contributed by atoms with van der Waals surface area (Å²) in [7, 11) is 1.74. The van der Waals surface area contributed by atoms with E-state index < -0.39 is 0 Å². The Kier molecular flexibility index (Phi) is 3.23. The van der Waals surface area contributed by atoms with E-state index in [9.17, 15) is 0 Å². The summed E-state index contributed by atoms with van der Waals surface area (Å²) in [6.07, 6.45) is 1.03. The molecule has 0 radical (unpaired) electrons. The molecular weight excluding hydrogens is 188 g/mol. The van der Waals surface area contributed by atoms with Gasteiger partial charge in [-0.2, -0.15) is 0 Å². The topological polar surface area (TPSA) is 38.5 Å². The molecule has 0 bridgehead atoms. The van der Waals surface area contributed by atoms with Crippen LogP contribution in [0.3, 0.4) is 0 Å². The second-order valence-corrected chi connectivity index (χ2v) is 3.93. The summed E-state index contributed by atoms with van der Waals surface area (Å²) in [5, 5.41) is 0. The fraction of sp³-hybridized carbons (Fsp3) is 0.500. The van der Waals surface area contributed by atoms with Gasteiger partial charge in [-0.05, 0) is 18.1 Å². The summed E-state index contributed by atoms with van der Waals surface area (Å²) in [4.78, 5) is 2.35. The lowest BCUT2D eigenvalue weighted by Gasteiger charge is -2.34. The van der Waals surface area contributed by atoms with Crippen LogP contribution in [0.4, 0.5) is 5.69 Å². The molecule has 82 valence electrons. The highest BCUT2D eigenvalue weighted by Gasteiger charge is 2.21. The Hall–Kier alpha value is -1.06. The third-order valence-corrected chi connectivity index (χ3v) is 2.95. The van der Waals surface area contributed by atoms with E-state index in [1.807, 2.05) is 0 Å². The van der Waals surface area contributed by atoms with E-state index in [1.54, 1.807) is 7.11 Å². The number of nitrogens with zero attached hydrogens (tertiary/aromatic N) is 1.